The second-order valence-corrected chi connectivity index (χ2v) is 4.61. The lowest BCUT2D eigenvalue weighted by atomic mass is 9.84. The first-order valence-corrected chi connectivity index (χ1v) is 6.28. The van der Waals surface area contributed by atoms with Crippen LogP contribution in [0.1, 0.15) is 39.0 Å². The first-order valence-electron chi connectivity index (χ1n) is 5.87. The Kier molecular flexibility index (Phi) is 5.52. The second-order valence-electron chi connectivity index (χ2n) is 4.14. The minimum Gasteiger partial charge on any atom is -0.450 e. The van der Waals surface area contributed by atoms with Gasteiger partial charge < -0.3 is 15.8 Å². The van der Waals surface area contributed by atoms with Crippen LogP contribution in [-0.2, 0) is 4.74 Å². The maximum atomic E-state index is 11.4. The first kappa shape index (κ1) is 13.2. The predicted molar refractivity (Wildman–Crippen MR) is 67.3 cm³/mol. The van der Waals surface area contributed by atoms with Crippen LogP contribution in [0, 0.1) is 5.92 Å². The van der Waals surface area contributed by atoms with E-state index >= 15 is 0 Å². The van der Waals surface area contributed by atoms with Crippen molar-refractivity contribution in [1.29, 1.82) is 0 Å². The van der Waals surface area contributed by atoms with Gasteiger partial charge in [-0.1, -0.05) is 31.5 Å². The van der Waals surface area contributed by atoms with Crippen molar-refractivity contribution < 1.29 is 9.53 Å². The fraction of sp³-hybridized carbons (Fsp3) is 0.818. The molecule has 0 radical (unpaired) electrons. The van der Waals surface area contributed by atoms with Crippen molar-refractivity contribution in [3.63, 3.8) is 0 Å². The molecule has 1 fully saturated rings. The molecule has 16 heavy (non-hydrogen) atoms. The number of nitrogens with two attached hydrogens (primary N) is 1. The summed E-state index contributed by atoms with van der Waals surface area (Å²) in [7, 11) is 0. The van der Waals surface area contributed by atoms with E-state index in [1.807, 2.05) is 0 Å². The normalized spacial score (nSPS) is 18.8. The molecule has 92 valence electrons. The molecule has 5 heteroatoms. The highest BCUT2D eigenvalue weighted by Gasteiger charge is 2.27. The van der Waals surface area contributed by atoms with E-state index in [2.05, 4.69) is 5.32 Å². The zero-order chi connectivity index (χ0) is 12.0. The minimum atomic E-state index is -0.425. The number of thiocarbonyl (C=S) groups is 1. The fourth-order valence-electron chi connectivity index (χ4n) is 2.19. The van der Waals surface area contributed by atoms with Crippen LogP contribution in [0.25, 0.3) is 0 Å². The number of carbonyl (C=O) groups excluding carboxylic acids is 1. The van der Waals surface area contributed by atoms with Gasteiger partial charge in [0.2, 0.25) is 0 Å². The van der Waals surface area contributed by atoms with Crippen LogP contribution in [0.2, 0.25) is 0 Å². The molecule has 0 aromatic rings. The zero-order valence-corrected chi connectivity index (χ0v) is 10.5. The van der Waals surface area contributed by atoms with E-state index < -0.39 is 6.09 Å². The van der Waals surface area contributed by atoms with Gasteiger partial charge in [-0.3, -0.25) is 0 Å². The molecule has 1 aliphatic carbocycles. The van der Waals surface area contributed by atoms with Gasteiger partial charge >= 0.3 is 6.09 Å². The van der Waals surface area contributed by atoms with Crippen molar-refractivity contribution in [1.82, 2.24) is 5.32 Å². The topological polar surface area (TPSA) is 64.3 Å². The third kappa shape index (κ3) is 3.96. The molecule has 0 heterocycles. The van der Waals surface area contributed by atoms with Crippen LogP contribution < -0.4 is 11.1 Å². The Bertz CT molecular complexity index is 250. The minimum absolute atomic E-state index is 0.214. The number of hydrogen-bond acceptors (Lipinski definition) is 3. The summed E-state index contributed by atoms with van der Waals surface area (Å²) in [5.41, 5.74) is 5.67. The summed E-state index contributed by atoms with van der Waals surface area (Å²) in [6, 6.07) is -0.214. The van der Waals surface area contributed by atoms with Gasteiger partial charge in [-0.05, 0) is 25.7 Å². The fourth-order valence-corrected chi connectivity index (χ4v) is 2.44. The SMILES string of the molecule is CCOC(=O)NC(C(N)=S)C1CCCCC1. The van der Waals surface area contributed by atoms with Crippen molar-refractivity contribution in [2.24, 2.45) is 11.7 Å². The monoisotopic (exact) mass is 244 g/mol. The molecule has 1 aliphatic rings. The lowest BCUT2D eigenvalue weighted by Crippen LogP contribution is -2.49. The maximum absolute atomic E-state index is 11.4. The lowest BCUT2D eigenvalue weighted by Gasteiger charge is -2.29. The number of rotatable bonds is 4. The third-order valence-corrected chi connectivity index (χ3v) is 3.23. The largest absolute Gasteiger partial charge is 0.450 e. The molecule has 1 unspecified atom stereocenters. The lowest BCUT2D eigenvalue weighted by molar-refractivity contribution is 0.146. The van der Waals surface area contributed by atoms with Crippen LogP contribution in [-0.4, -0.2) is 23.7 Å². The molecule has 0 saturated heterocycles. The Balaban J connectivity index is 2.52. The van der Waals surface area contributed by atoms with E-state index in [4.69, 9.17) is 22.7 Å². The molecular formula is C11H20N2O2S. The van der Waals surface area contributed by atoms with Crippen molar-refractivity contribution in [2.45, 2.75) is 45.1 Å². The summed E-state index contributed by atoms with van der Waals surface area (Å²) >= 11 is 5.01. The first-order chi connectivity index (χ1) is 7.65. The average Bonchev–Trinajstić information content (AvgIpc) is 2.27. The molecule has 1 saturated carbocycles. The molecule has 1 rings (SSSR count). The number of carbonyl (C=O) groups is 1. The van der Waals surface area contributed by atoms with Gasteiger partial charge in [0, 0.05) is 0 Å². The predicted octanol–water partition coefficient (Wildman–Crippen LogP) is 1.97. The quantitative estimate of drug-likeness (QED) is 0.742. The molecule has 0 aromatic carbocycles. The Morgan fingerprint density at radius 3 is 2.62 bits per heavy atom. The average molecular weight is 244 g/mol. The summed E-state index contributed by atoms with van der Waals surface area (Å²) in [6.45, 7) is 2.14. The molecule has 0 aromatic heterocycles. The second kappa shape index (κ2) is 6.68. The third-order valence-electron chi connectivity index (χ3n) is 2.98. The van der Waals surface area contributed by atoms with E-state index in [-0.39, 0.29) is 6.04 Å². The number of ether oxygens (including phenoxy) is 1. The van der Waals surface area contributed by atoms with Crippen LogP contribution in [0.15, 0.2) is 0 Å². The van der Waals surface area contributed by atoms with Gasteiger partial charge in [0.25, 0.3) is 0 Å². The van der Waals surface area contributed by atoms with Crippen LogP contribution >= 0.6 is 12.2 Å². The Morgan fingerprint density at radius 2 is 2.12 bits per heavy atom. The van der Waals surface area contributed by atoms with E-state index in [1.54, 1.807) is 6.92 Å². The van der Waals surface area contributed by atoms with Crippen LogP contribution in [0.3, 0.4) is 0 Å². The van der Waals surface area contributed by atoms with E-state index in [0.29, 0.717) is 17.5 Å². The van der Waals surface area contributed by atoms with Crippen molar-refractivity contribution in [2.75, 3.05) is 6.61 Å². The zero-order valence-electron chi connectivity index (χ0n) is 9.70. The Labute approximate surface area is 102 Å². The smallest absolute Gasteiger partial charge is 0.407 e. The van der Waals surface area contributed by atoms with Crippen LogP contribution in [0.4, 0.5) is 4.79 Å². The number of alkyl carbamates (subject to hydrolysis) is 1. The summed E-state index contributed by atoms with van der Waals surface area (Å²) in [5, 5.41) is 2.76. The molecule has 0 spiro atoms. The van der Waals surface area contributed by atoms with E-state index in [9.17, 15) is 4.79 Å². The Morgan fingerprint density at radius 1 is 1.50 bits per heavy atom. The van der Waals surface area contributed by atoms with Crippen molar-refractivity contribution >= 4 is 23.3 Å². The number of amides is 1. The molecule has 1 atom stereocenters. The van der Waals surface area contributed by atoms with Gasteiger partial charge in [0.05, 0.1) is 17.6 Å². The summed E-state index contributed by atoms with van der Waals surface area (Å²) in [6.07, 6.45) is 5.37. The van der Waals surface area contributed by atoms with Crippen molar-refractivity contribution in [3.05, 3.63) is 0 Å². The van der Waals surface area contributed by atoms with Gasteiger partial charge in [-0.15, -0.1) is 0 Å². The van der Waals surface area contributed by atoms with E-state index in [1.165, 1.54) is 19.3 Å². The molecule has 0 bridgehead atoms. The molecular weight excluding hydrogens is 224 g/mol. The summed E-state index contributed by atoms with van der Waals surface area (Å²) in [5.74, 6) is 0.371. The Hall–Kier alpha value is -0.840. The highest BCUT2D eigenvalue weighted by molar-refractivity contribution is 7.80. The summed E-state index contributed by atoms with van der Waals surface area (Å²) < 4.78 is 4.85. The van der Waals surface area contributed by atoms with Crippen LogP contribution in [0.5, 0.6) is 0 Å². The highest BCUT2D eigenvalue weighted by atomic mass is 32.1. The molecule has 0 aliphatic heterocycles. The van der Waals surface area contributed by atoms with Gasteiger partial charge in [0.1, 0.15) is 0 Å². The van der Waals surface area contributed by atoms with Crippen molar-refractivity contribution in [3.8, 4) is 0 Å². The molecule has 4 nitrogen and oxygen atoms in total. The standard InChI is InChI=1S/C11H20N2O2S/c1-2-15-11(14)13-9(10(12)16)8-6-4-3-5-7-8/h8-9H,2-7H2,1H3,(H2,12,16)(H,13,14). The molecule has 3 N–H and O–H groups in total. The van der Waals surface area contributed by atoms with E-state index in [0.717, 1.165) is 12.8 Å². The van der Waals surface area contributed by atoms with Gasteiger partial charge in [-0.2, -0.15) is 0 Å². The van der Waals surface area contributed by atoms with Gasteiger partial charge in [-0.25, -0.2) is 4.79 Å². The highest BCUT2D eigenvalue weighted by Crippen LogP contribution is 2.26. The maximum Gasteiger partial charge on any atom is 0.407 e. The molecule has 1 amide bonds. The number of hydrogen-bond donors (Lipinski definition) is 2. The number of nitrogens with one attached hydrogen (secondary N) is 1. The summed E-state index contributed by atoms with van der Waals surface area (Å²) in [4.78, 5) is 11.7. The van der Waals surface area contributed by atoms with Gasteiger partial charge in [0.15, 0.2) is 0 Å².